The predicted molar refractivity (Wildman–Crippen MR) is 90.7 cm³/mol. The van der Waals surface area contributed by atoms with E-state index in [4.69, 9.17) is 5.73 Å². The van der Waals surface area contributed by atoms with Gasteiger partial charge in [0, 0.05) is 18.4 Å². The van der Waals surface area contributed by atoms with E-state index in [1.54, 1.807) is 12.3 Å². The van der Waals surface area contributed by atoms with E-state index in [1.807, 2.05) is 38.1 Å². The minimum absolute atomic E-state index is 0.559. The van der Waals surface area contributed by atoms with Crippen LogP contribution in [0.25, 0.3) is 0 Å². The Bertz CT molecular complexity index is 593. The zero-order chi connectivity index (χ0) is 16.4. The smallest absolute Gasteiger partial charge is 0.101 e. The maximum atomic E-state index is 9.34. The molecule has 0 spiro atoms. The molecule has 4 heteroatoms. The molecule has 0 amide bonds. The van der Waals surface area contributed by atoms with Crippen LogP contribution in [0.15, 0.2) is 54.4 Å². The van der Waals surface area contributed by atoms with E-state index >= 15 is 0 Å². The Balaban J connectivity index is 2.99. The molecule has 0 radical (unpaired) electrons. The van der Waals surface area contributed by atoms with Gasteiger partial charge in [-0.05, 0) is 44.5 Å². The number of pyridine rings is 1. The number of allylic oxidation sites excluding steroid dienone is 4. The topological polar surface area (TPSA) is 65.9 Å². The second-order valence-electron chi connectivity index (χ2n) is 5.00. The number of nitriles is 1. The van der Waals surface area contributed by atoms with Gasteiger partial charge < -0.3 is 10.6 Å². The van der Waals surface area contributed by atoms with Crippen molar-refractivity contribution in [3.8, 4) is 6.07 Å². The first-order chi connectivity index (χ1) is 10.6. The van der Waals surface area contributed by atoms with Gasteiger partial charge in [0.15, 0.2) is 0 Å². The first-order valence-electron chi connectivity index (χ1n) is 7.41. The van der Waals surface area contributed by atoms with Crippen LogP contribution in [-0.2, 0) is 6.54 Å². The molecule has 1 heterocycles. The van der Waals surface area contributed by atoms with Gasteiger partial charge in [-0.25, -0.2) is 0 Å². The van der Waals surface area contributed by atoms with Crippen molar-refractivity contribution in [2.75, 3.05) is 13.1 Å². The highest BCUT2D eigenvalue weighted by atomic mass is 15.1. The maximum Gasteiger partial charge on any atom is 0.101 e. The van der Waals surface area contributed by atoms with Crippen molar-refractivity contribution in [1.82, 2.24) is 9.88 Å². The molecule has 0 aliphatic carbocycles. The van der Waals surface area contributed by atoms with Crippen LogP contribution >= 0.6 is 0 Å². The summed E-state index contributed by atoms with van der Waals surface area (Å²) in [7, 11) is 0. The minimum Gasteiger partial charge on any atom is -0.365 e. The van der Waals surface area contributed by atoms with Gasteiger partial charge in [-0.1, -0.05) is 24.8 Å². The summed E-state index contributed by atoms with van der Waals surface area (Å²) in [5.74, 6) is 0. The summed E-state index contributed by atoms with van der Waals surface area (Å²) in [6, 6.07) is 6.17. The van der Waals surface area contributed by atoms with Gasteiger partial charge in [0.2, 0.25) is 0 Å². The van der Waals surface area contributed by atoms with Crippen LogP contribution in [0.2, 0.25) is 0 Å². The van der Waals surface area contributed by atoms with Crippen molar-refractivity contribution >= 4 is 0 Å². The van der Waals surface area contributed by atoms with Gasteiger partial charge in [-0.2, -0.15) is 5.26 Å². The summed E-state index contributed by atoms with van der Waals surface area (Å²) in [5.41, 5.74) is 9.01. The highest BCUT2D eigenvalue weighted by Crippen LogP contribution is 2.18. The van der Waals surface area contributed by atoms with Crippen molar-refractivity contribution in [2.24, 2.45) is 5.73 Å². The molecule has 0 saturated carbocycles. The number of rotatable bonds is 8. The van der Waals surface area contributed by atoms with Crippen LogP contribution in [0, 0.1) is 18.3 Å². The van der Waals surface area contributed by atoms with Gasteiger partial charge in [0.05, 0.1) is 17.8 Å². The average molecular weight is 296 g/mol. The van der Waals surface area contributed by atoms with E-state index in [9.17, 15) is 5.26 Å². The Morgan fingerprint density at radius 3 is 2.91 bits per heavy atom. The minimum atomic E-state index is 0.559. The van der Waals surface area contributed by atoms with Gasteiger partial charge >= 0.3 is 0 Å². The molecule has 1 rings (SSSR count). The Hall–Kier alpha value is -2.38. The fourth-order valence-corrected chi connectivity index (χ4v) is 2.02. The standard InChI is InChI=1S/C18H24N4/c1-4-5-9-17(13-20)16(3)22(12-7-10-19)14-18-15(2)8-6-11-21-18/h4-6,8-9,11H,3,7,10,12,14,19H2,1-2H3/b5-4-,17-9-. The van der Waals surface area contributed by atoms with Crippen LogP contribution < -0.4 is 5.73 Å². The Labute approximate surface area is 133 Å². The molecule has 1 aromatic rings. The Morgan fingerprint density at radius 2 is 2.32 bits per heavy atom. The highest BCUT2D eigenvalue weighted by Gasteiger charge is 2.13. The van der Waals surface area contributed by atoms with Crippen molar-refractivity contribution in [1.29, 1.82) is 5.26 Å². The van der Waals surface area contributed by atoms with E-state index in [2.05, 4.69) is 22.5 Å². The van der Waals surface area contributed by atoms with Gasteiger partial charge in [0.25, 0.3) is 0 Å². The molecular formula is C18H24N4. The van der Waals surface area contributed by atoms with E-state index in [0.29, 0.717) is 24.4 Å². The van der Waals surface area contributed by atoms with Crippen molar-refractivity contribution in [2.45, 2.75) is 26.8 Å². The van der Waals surface area contributed by atoms with E-state index in [0.717, 1.165) is 24.2 Å². The number of nitrogens with two attached hydrogens (primary N) is 1. The number of hydrogen-bond acceptors (Lipinski definition) is 4. The molecule has 0 fully saturated rings. The number of aryl methyl sites for hydroxylation is 1. The van der Waals surface area contributed by atoms with Crippen molar-refractivity contribution in [3.63, 3.8) is 0 Å². The Kier molecular flexibility index (Phi) is 7.66. The lowest BCUT2D eigenvalue weighted by Gasteiger charge is -2.26. The molecule has 0 aliphatic heterocycles. The molecule has 0 atom stereocenters. The number of hydrogen-bond donors (Lipinski definition) is 1. The molecule has 0 unspecified atom stereocenters. The molecule has 0 aromatic carbocycles. The third-order valence-electron chi connectivity index (χ3n) is 3.36. The quantitative estimate of drug-likeness (QED) is 0.591. The average Bonchev–Trinajstić information content (AvgIpc) is 2.53. The first kappa shape index (κ1) is 17.7. The maximum absolute atomic E-state index is 9.34. The van der Waals surface area contributed by atoms with E-state index < -0.39 is 0 Å². The van der Waals surface area contributed by atoms with Gasteiger partial charge in [-0.15, -0.1) is 0 Å². The zero-order valence-corrected chi connectivity index (χ0v) is 13.4. The lowest BCUT2D eigenvalue weighted by molar-refractivity contribution is 0.337. The lowest BCUT2D eigenvalue weighted by atomic mass is 10.1. The number of aromatic nitrogens is 1. The second kappa shape index (κ2) is 9.54. The van der Waals surface area contributed by atoms with Crippen LogP contribution in [0.3, 0.4) is 0 Å². The third kappa shape index (κ3) is 5.19. The number of nitrogens with zero attached hydrogens (tertiary/aromatic N) is 3. The SMILES string of the molecule is C=C(/C(C#N)=C\C=C/C)N(CCCN)Cc1ncccc1C. The third-order valence-corrected chi connectivity index (χ3v) is 3.36. The first-order valence-corrected chi connectivity index (χ1v) is 7.41. The highest BCUT2D eigenvalue weighted by molar-refractivity contribution is 5.42. The molecule has 0 bridgehead atoms. The van der Waals surface area contributed by atoms with Crippen LogP contribution in [0.4, 0.5) is 0 Å². The van der Waals surface area contributed by atoms with Gasteiger partial charge in [-0.3, -0.25) is 4.98 Å². The molecule has 1 aromatic heterocycles. The Morgan fingerprint density at radius 1 is 1.55 bits per heavy atom. The summed E-state index contributed by atoms with van der Waals surface area (Å²) in [4.78, 5) is 6.50. The van der Waals surface area contributed by atoms with Crippen molar-refractivity contribution < 1.29 is 0 Å². The fraction of sp³-hybridized carbons (Fsp3) is 0.333. The molecular weight excluding hydrogens is 272 g/mol. The van der Waals surface area contributed by atoms with Crippen LogP contribution in [0.5, 0.6) is 0 Å². The van der Waals surface area contributed by atoms with Crippen LogP contribution in [-0.4, -0.2) is 23.0 Å². The summed E-state index contributed by atoms with van der Waals surface area (Å²) in [6.45, 7) is 10.0. The molecule has 116 valence electrons. The zero-order valence-electron chi connectivity index (χ0n) is 13.4. The summed E-state index contributed by atoms with van der Waals surface area (Å²) in [5, 5.41) is 9.34. The summed E-state index contributed by atoms with van der Waals surface area (Å²) < 4.78 is 0. The normalized spacial score (nSPS) is 11.5. The monoisotopic (exact) mass is 296 g/mol. The fourth-order valence-electron chi connectivity index (χ4n) is 2.02. The molecule has 2 N–H and O–H groups in total. The van der Waals surface area contributed by atoms with E-state index in [1.165, 1.54) is 0 Å². The second-order valence-corrected chi connectivity index (χ2v) is 5.00. The molecule has 0 aliphatic rings. The van der Waals surface area contributed by atoms with Crippen molar-refractivity contribution in [3.05, 3.63) is 65.7 Å². The molecule has 4 nitrogen and oxygen atoms in total. The van der Waals surface area contributed by atoms with Crippen LogP contribution in [0.1, 0.15) is 24.6 Å². The largest absolute Gasteiger partial charge is 0.365 e. The molecule has 0 saturated heterocycles. The summed E-state index contributed by atoms with van der Waals surface area (Å²) in [6.07, 6.45) is 8.14. The lowest BCUT2D eigenvalue weighted by Crippen LogP contribution is -2.26. The molecule has 22 heavy (non-hydrogen) atoms. The van der Waals surface area contributed by atoms with Gasteiger partial charge in [0.1, 0.15) is 6.07 Å². The van der Waals surface area contributed by atoms with E-state index in [-0.39, 0.29) is 0 Å². The summed E-state index contributed by atoms with van der Waals surface area (Å²) >= 11 is 0. The predicted octanol–water partition coefficient (Wildman–Crippen LogP) is 3.08.